The summed E-state index contributed by atoms with van der Waals surface area (Å²) in [6.45, 7) is 6.67. The summed E-state index contributed by atoms with van der Waals surface area (Å²) >= 11 is 0. The maximum absolute atomic E-state index is 8.60. The van der Waals surface area contributed by atoms with Crippen LogP contribution in [0.5, 0.6) is 0 Å². The molecule has 80 valence electrons. The fourth-order valence-electron chi connectivity index (χ4n) is 1.37. The predicted molar refractivity (Wildman–Crippen MR) is 56.7 cm³/mol. The van der Waals surface area contributed by atoms with Gasteiger partial charge in [-0.15, -0.1) is 0 Å². The summed E-state index contributed by atoms with van der Waals surface area (Å²) < 4.78 is 0. The first-order valence-corrected chi connectivity index (χ1v) is 5.38. The van der Waals surface area contributed by atoms with Gasteiger partial charge in [0, 0.05) is 6.61 Å². The molecule has 3 nitrogen and oxygen atoms in total. The van der Waals surface area contributed by atoms with Gasteiger partial charge in [-0.3, -0.25) is 0 Å². The van der Waals surface area contributed by atoms with Gasteiger partial charge < -0.3 is 15.7 Å². The van der Waals surface area contributed by atoms with Gasteiger partial charge in [-0.1, -0.05) is 6.92 Å². The van der Waals surface area contributed by atoms with Crippen LogP contribution in [-0.2, 0) is 0 Å². The number of hydrogen-bond donors (Lipinski definition) is 2. The van der Waals surface area contributed by atoms with Gasteiger partial charge in [-0.2, -0.15) is 0 Å². The van der Waals surface area contributed by atoms with Crippen molar-refractivity contribution >= 4 is 0 Å². The predicted octanol–water partition coefficient (Wildman–Crippen LogP) is 0.820. The molecule has 0 saturated carbocycles. The third-order valence-corrected chi connectivity index (χ3v) is 2.26. The Hall–Kier alpha value is -0.120. The van der Waals surface area contributed by atoms with E-state index >= 15 is 0 Å². The maximum Gasteiger partial charge on any atom is 0.0431 e. The van der Waals surface area contributed by atoms with Crippen LogP contribution in [0.4, 0.5) is 0 Å². The van der Waals surface area contributed by atoms with Crippen LogP contribution in [0.1, 0.15) is 32.6 Å². The zero-order chi connectivity index (χ0) is 9.94. The van der Waals surface area contributed by atoms with E-state index in [-0.39, 0.29) is 0 Å². The SMILES string of the molecule is CCN(CCCN)CCCCCO. The Labute approximate surface area is 81.9 Å². The average molecular weight is 188 g/mol. The fourth-order valence-corrected chi connectivity index (χ4v) is 1.37. The summed E-state index contributed by atoms with van der Waals surface area (Å²) in [6.07, 6.45) is 4.36. The number of rotatable bonds is 9. The lowest BCUT2D eigenvalue weighted by Crippen LogP contribution is -2.27. The van der Waals surface area contributed by atoms with E-state index in [2.05, 4.69) is 11.8 Å². The molecular formula is C10H24N2O. The summed E-state index contributed by atoms with van der Waals surface area (Å²) in [7, 11) is 0. The van der Waals surface area contributed by atoms with Crippen molar-refractivity contribution in [3.05, 3.63) is 0 Å². The zero-order valence-corrected chi connectivity index (χ0v) is 8.84. The van der Waals surface area contributed by atoms with Crippen molar-refractivity contribution < 1.29 is 5.11 Å². The van der Waals surface area contributed by atoms with Gasteiger partial charge in [0.2, 0.25) is 0 Å². The first kappa shape index (κ1) is 12.9. The molecule has 0 radical (unpaired) electrons. The summed E-state index contributed by atoms with van der Waals surface area (Å²) in [4.78, 5) is 2.42. The minimum absolute atomic E-state index is 0.328. The Bertz CT molecular complexity index is 98.9. The highest BCUT2D eigenvalue weighted by Crippen LogP contribution is 1.98. The van der Waals surface area contributed by atoms with Crippen LogP contribution in [-0.4, -0.2) is 42.8 Å². The number of aliphatic hydroxyl groups excluding tert-OH is 1. The lowest BCUT2D eigenvalue weighted by molar-refractivity contribution is 0.259. The van der Waals surface area contributed by atoms with Crippen LogP contribution >= 0.6 is 0 Å². The second-order valence-electron chi connectivity index (χ2n) is 3.36. The Kier molecular flexibility index (Phi) is 9.87. The third-order valence-electron chi connectivity index (χ3n) is 2.26. The molecule has 0 aliphatic rings. The van der Waals surface area contributed by atoms with Crippen molar-refractivity contribution in [2.24, 2.45) is 5.73 Å². The number of aliphatic hydroxyl groups is 1. The normalized spacial score (nSPS) is 11.1. The maximum atomic E-state index is 8.60. The second kappa shape index (κ2) is 9.96. The Balaban J connectivity index is 3.25. The topological polar surface area (TPSA) is 49.5 Å². The average Bonchev–Trinajstić information content (AvgIpc) is 2.17. The van der Waals surface area contributed by atoms with E-state index in [4.69, 9.17) is 10.8 Å². The molecule has 0 aromatic rings. The molecule has 0 saturated heterocycles. The molecule has 0 aliphatic carbocycles. The van der Waals surface area contributed by atoms with Gasteiger partial charge >= 0.3 is 0 Å². The number of nitrogens with zero attached hydrogens (tertiary/aromatic N) is 1. The zero-order valence-electron chi connectivity index (χ0n) is 8.84. The minimum Gasteiger partial charge on any atom is -0.396 e. The monoisotopic (exact) mass is 188 g/mol. The van der Waals surface area contributed by atoms with E-state index in [0.29, 0.717) is 6.61 Å². The first-order chi connectivity index (χ1) is 6.35. The third kappa shape index (κ3) is 8.22. The molecule has 3 heteroatoms. The Morgan fingerprint density at radius 3 is 2.31 bits per heavy atom. The highest BCUT2D eigenvalue weighted by atomic mass is 16.2. The Morgan fingerprint density at radius 1 is 1.08 bits per heavy atom. The van der Waals surface area contributed by atoms with Gasteiger partial charge in [0.05, 0.1) is 0 Å². The molecule has 0 rings (SSSR count). The van der Waals surface area contributed by atoms with Gasteiger partial charge in [0.1, 0.15) is 0 Å². The van der Waals surface area contributed by atoms with Crippen molar-refractivity contribution in [3.63, 3.8) is 0 Å². The van der Waals surface area contributed by atoms with Crippen LogP contribution < -0.4 is 5.73 Å². The van der Waals surface area contributed by atoms with Gasteiger partial charge in [-0.25, -0.2) is 0 Å². The van der Waals surface area contributed by atoms with E-state index in [1.807, 2.05) is 0 Å². The number of hydrogen-bond acceptors (Lipinski definition) is 3. The smallest absolute Gasteiger partial charge is 0.0431 e. The quantitative estimate of drug-likeness (QED) is 0.527. The summed E-state index contributed by atoms with van der Waals surface area (Å²) in [6, 6.07) is 0. The Morgan fingerprint density at radius 2 is 1.77 bits per heavy atom. The molecule has 0 aromatic heterocycles. The van der Waals surface area contributed by atoms with E-state index in [9.17, 15) is 0 Å². The van der Waals surface area contributed by atoms with E-state index in [0.717, 1.165) is 45.4 Å². The molecule has 0 unspecified atom stereocenters. The fraction of sp³-hybridized carbons (Fsp3) is 1.00. The van der Waals surface area contributed by atoms with E-state index in [1.54, 1.807) is 0 Å². The van der Waals surface area contributed by atoms with Crippen molar-refractivity contribution in [2.75, 3.05) is 32.8 Å². The highest BCUT2D eigenvalue weighted by molar-refractivity contribution is 4.56. The van der Waals surface area contributed by atoms with Crippen LogP contribution in [0.2, 0.25) is 0 Å². The standard InChI is InChI=1S/C10H24N2O/c1-2-12(9-6-7-11)8-4-3-5-10-13/h13H,2-11H2,1H3. The van der Waals surface area contributed by atoms with E-state index < -0.39 is 0 Å². The summed E-state index contributed by atoms with van der Waals surface area (Å²) in [5.74, 6) is 0. The van der Waals surface area contributed by atoms with Crippen molar-refractivity contribution in [1.29, 1.82) is 0 Å². The summed E-state index contributed by atoms with van der Waals surface area (Å²) in [5.41, 5.74) is 5.45. The van der Waals surface area contributed by atoms with E-state index in [1.165, 1.54) is 6.42 Å². The van der Waals surface area contributed by atoms with Crippen molar-refractivity contribution in [2.45, 2.75) is 32.6 Å². The second-order valence-corrected chi connectivity index (χ2v) is 3.36. The molecular weight excluding hydrogens is 164 g/mol. The molecule has 13 heavy (non-hydrogen) atoms. The van der Waals surface area contributed by atoms with Gasteiger partial charge in [-0.05, 0) is 51.9 Å². The lowest BCUT2D eigenvalue weighted by atomic mass is 10.2. The molecule has 0 aromatic carbocycles. The lowest BCUT2D eigenvalue weighted by Gasteiger charge is -2.19. The molecule has 0 spiro atoms. The molecule has 0 heterocycles. The van der Waals surface area contributed by atoms with Gasteiger partial charge in [0.15, 0.2) is 0 Å². The van der Waals surface area contributed by atoms with Crippen LogP contribution in [0, 0.1) is 0 Å². The molecule has 0 bridgehead atoms. The molecule has 0 amide bonds. The number of nitrogens with two attached hydrogens (primary N) is 1. The number of unbranched alkanes of at least 4 members (excludes halogenated alkanes) is 2. The highest BCUT2D eigenvalue weighted by Gasteiger charge is 2.00. The molecule has 0 aliphatic heterocycles. The van der Waals surface area contributed by atoms with Crippen LogP contribution in [0.15, 0.2) is 0 Å². The van der Waals surface area contributed by atoms with Crippen molar-refractivity contribution in [1.82, 2.24) is 4.90 Å². The molecule has 0 atom stereocenters. The van der Waals surface area contributed by atoms with Crippen molar-refractivity contribution in [3.8, 4) is 0 Å². The molecule has 3 N–H and O–H groups in total. The van der Waals surface area contributed by atoms with Gasteiger partial charge in [0.25, 0.3) is 0 Å². The minimum atomic E-state index is 0.328. The first-order valence-electron chi connectivity index (χ1n) is 5.38. The summed E-state index contributed by atoms with van der Waals surface area (Å²) in [5, 5.41) is 8.60. The largest absolute Gasteiger partial charge is 0.396 e. The molecule has 0 fully saturated rings. The van der Waals surface area contributed by atoms with Crippen LogP contribution in [0.3, 0.4) is 0 Å². The van der Waals surface area contributed by atoms with Crippen LogP contribution in [0.25, 0.3) is 0 Å².